The minimum absolute atomic E-state index is 0.516. The Kier molecular flexibility index (Phi) is 6.36. The first kappa shape index (κ1) is 12.7. The first-order valence-electron chi connectivity index (χ1n) is 4.60. The third-order valence-electron chi connectivity index (χ3n) is 2.11. The van der Waals surface area contributed by atoms with Crippen LogP contribution in [-0.4, -0.2) is 13.9 Å². The topological polar surface area (TPSA) is 12.0 Å². The summed E-state index contributed by atoms with van der Waals surface area (Å²) < 4.78 is 0.803. The van der Waals surface area contributed by atoms with Crippen molar-refractivity contribution < 1.29 is 17.2 Å². The molecule has 1 unspecified atom stereocenters. The third kappa shape index (κ3) is 4.44. The second kappa shape index (κ2) is 7.00. The summed E-state index contributed by atoms with van der Waals surface area (Å²) in [6.45, 7) is 3.39. The number of benzene rings is 1. The maximum atomic E-state index is 3.65. The van der Waals surface area contributed by atoms with Crippen LogP contribution in [0.25, 0.3) is 0 Å². The van der Waals surface area contributed by atoms with Gasteiger partial charge in [-0.2, -0.15) is 0 Å². The molecule has 1 nitrogen and oxygen atoms in total. The number of halogens is 2. The van der Waals surface area contributed by atoms with Crippen LogP contribution in [0.5, 0.6) is 0 Å². The zero-order valence-corrected chi connectivity index (χ0v) is 13.2. The van der Waals surface area contributed by atoms with E-state index in [1.807, 2.05) is 0 Å². The molecular weight excluding hydrogens is 400 g/mol. The molecule has 1 aromatic carbocycles. The third-order valence-corrected chi connectivity index (χ3v) is 19.8. The van der Waals surface area contributed by atoms with E-state index >= 15 is 0 Å². The van der Waals surface area contributed by atoms with Crippen LogP contribution in [0, 0.1) is 0 Å². The molecule has 0 aliphatic heterocycles. The van der Waals surface area contributed by atoms with Gasteiger partial charge in [0.15, 0.2) is 0 Å². The molecule has 1 rings (SSSR count). The van der Waals surface area contributed by atoms with E-state index in [0.717, 1.165) is 10.6 Å². The molecule has 1 atom stereocenters. The molecule has 0 amide bonds. The molecule has 0 radical (unpaired) electrons. The average Bonchev–Trinajstić information content (AvgIpc) is 2.26. The first-order chi connectivity index (χ1) is 6.74. The predicted molar refractivity (Wildman–Crippen MR) is 68.6 cm³/mol. The summed E-state index contributed by atoms with van der Waals surface area (Å²) >= 11 is -0.0652. The Hall–Kier alpha value is 0.640. The fourth-order valence-corrected chi connectivity index (χ4v) is 8.47. The van der Waals surface area contributed by atoms with Gasteiger partial charge in [-0.05, 0) is 0 Å². The van der Waals surface area contributed by atoms with E-state index in [1.54, 1.807) is 0 Å². The van der Waals surface area contributed by atoms with Gasteiger partial charge in [-0.25, -0.2) is 0 Å². The minimum atomic E-state index is -0.581. The summed E-state index contributed by atoms with van der Waals surface area (Å²) in [6, 6.07) is 10.7. The number of alkyl halides is 3. The van der Waals surface area contributed by atoms with Crippen molar-refractivity contribution in [3.05, 3.63) is 35.9 Å². The van der Waals surface area contributed by atoms with Crippen molar-refractivity contribution in [1.29, 1.82) is 0 Å². The quantitative estimate of drug-likeness (QED) is 0.400. The van der Waals surface area contributed by atoms with Crippen LogP contribution >= 0.6 is 15.8 Å². The number of rotatable bonds is 5. The second-order valence-electron chi connectivity index (χ2n) is 3.07. The van der Waals surface area contributed by atoms with Crippen molar-refractivity contribution in [2.24, 2.45) is 0 Å². The molecule has 0 saturated heterocycles. The van der Waals surface area contributed by atoms with Gasteiger partial charge in [0.25, 0.3) is 0 Å². The fraction of sp³-hybridized carbons (Fsp3) is 0.455. The fourth-order valence-electron chi connectivity index (χ4n) is 1.08. The van der Waals surface area contributed by atoms with Crippen molar-refractivity contribution in [3.63, 3.8) is 0 Å². The van der Waals surface area contributed by atoms with E-state index in [1.165, 1.54) is 5.56 Å². The molecule has 0 fully saturated rings. The SMILES string of the molecule is C[I-]I(C)C(C)NCc1ccccc1. The molecule has 1 N–H and O–H groups in total. The molecule has 0 bridgehead atoms. The van der Waals surface area contributed by atoms with Crippen molar-refractivity contribution in [1.82, 2.24) is 5.32 Å². The first-order valence-corrected chi connectivity index (χ1v) is 16.4. The summed E-state index contributed by atoms with van der Waals surface area (Å²) in [5, 5.41) is 3.65. The van der Waals surface area contributed by atoms with Gasteiger partial charge < -0.3 is 0 Å². The van der Waals surface area contributed by atoms with Crippen molar-refractivity contribution in [2.45, 2.75) is 17.5 Å². The average molecular weight is 418 g/mol. The van der Waals surface area contributed by atoms with E-state index in [0.29, 0.717) is 17.2 Å². The summed E-state index contributed by atoms with van der Waals surface area (Å²) in [4.78, 5) is 4.92. The Bertz CT molecular complexity index is 251. The predicted octanol–water partition coefficient (Wildman–Crippen LogP) is -0.108. The number of nitrogens with one attached hydrogen (secondary N) is 1. The van der Waals surface area contributed by atoms with Gasteiger partial charge in [-0.15, -0.1) is 0 Å². The monoisotopic (exact) mass is 418 g/mol. The van der Waals surface area contributed by atoms with E-state index in [4.69, 9.17) is 0 Å². The summed E-state index contributed by atoms with van der Waals surface area (Å²) in [6.07, 6.45) is 0. The van der Waals surface area contributed by atoms with E-state index < -0.39 is 15.8 Å². The molecule has 1 aromatic rings. The zero-order valence-electron chi connectivity index (χ0n) is 8.93. The van der Waals surface area contributed by atoms with Crippen LogP contribution in [0.3, 0.4) is 0 Å². The molecule has 0 aliphatic carbocycles. The number of hydrogen-bond donors (Lipinski definition) is 1. The van der Waals surface area contributed by atoms with Gasteiger partial charge in [0.1, 0.15) is 0 Å². The summed E-state index contributed by atoms with van der Waals surface area (Å²) in [7, 11) is 0. The van der Waals surface area contributed by atoms with Crippen LogP contribution < -0.4 is 22.5 Å². The standard InChI is InChI=1S/C11H18I2N/c1-10(13(3)12-2)14-9-11-7-5-4-6-8-11/h4-8,10,14H,9H2,1-3H3/q-1. The molecule has 0 aliphatic rings. The second-order valence-corrected chi connectivity index (χ2v) is 22.4. The normalized spacial score (nSPS) is 14.1. The van der Waals surface area contributed by atoms with Crippen LogP contribution in [-0.2, 0) is 6.54 Å². The van der Waals surface area contributed by atoms with Crippen LogP contribution in [0.15, 0.2) is 30.3 Å². The number of hydrogen-bond acceptors (Lipinski definition) is 1. The van der Waals surface area contributed by atoms with Crippen LogP contribution in [0.2, 0.25) is 0 Å². The van der Waals surface area contributed by atoms with Crippen LogP contribution in [0.1, 0.15) is 12.5 Å². The molecule has 14 heavy (non-hydrogen) atoms. The maximum absolute atomic E-state index is 3.65. The van der Waals surface area contributed by atoms with E-state index in [9.17, 15) is 0 Å². The Labute approximate surface area is 101 Å². The van der Waals surface area contributed by atoms with Gasteiger partial charge in [0, 0.05) is 0 Å². The van der Waals surface area contributed by atoms with E-state index in [2.05, 4.69) is 52.4 Å². The molecule has 3 heteroatoms. The molecule has 0 heterocycles. The van der Waals surface area contributed by atoms with Crippen molar-refractivity contribution in [2.75, 3.05) is 9.86 Å². The Balaban J connectivity index is 2.34. The van der Waals surface area contributed by atoms with Gasteiger partial charge in [-0.1, -0.05) is 0 Å². The van der Waals surface area contributed by atoms with Gasteiger partial charge in [0.2, 0.25) is 0 Å². The Morgan fingerprint density at radius 2 is 2.00 bits per heavy atom. The zero-order chi connectivity index (χ0) is 10.4. The molecule has 82 valence electrons. The van der Waals surface area contributed by atoms with Crippen molar-refractivity contribution >= 4 is 15.8 Å². The molecule has 0 aromatic heterocycles. The van der Waals surface area contributed by atoms with Gasteiger partial charge in [0.05, 0.1) is 0 Å². The van der Waals surface area contributed by atoms with Gasteiger partial charge in [-0.3, -0.25) is 0 Å². The molecular formula is C11H18I2N-. The van der Waals surface area contributed by atoms with Gasteiger partial charge >= 0.3 is 102 Å². The summed E-state index contributed by atoms with van der Waals surface area (Å²) in [5.41, 5.74) is 1.40. The Morgan fingerprint density at radius 3 is 2.57 bits per heavy atom. The molecule has 0 saturated carbocycles. The van der Waals surface area contributed by atoms with Crippen molar-refractivity contribution in [3.8, 4) is 0 Å². The van der Waals surface area contributed by atoms with E-state index in [-0.39, 0.29) is 0 Å². The molecule has 0 spiro atoms. The van der Waals surface area contributed by atoms with Crippen LogP contribution in [0.4, 0.5) is 0 Å². The Morgan fingerprint density at radius 1 is 1.36 bits per heavy atom. The summed E-state index contributed by atoms with van der Waals surface area (Å²) in [5.74, 6) is 0.